The molecule has 3 aromatic heterocycles. The van der Waals surface area contributed by atoms with Gasteiger partial charge in [0.15, 0.2) is 5.65 Å². The highest BCUT2D eigenvalue weighted by Gasteiger charge is 2.08. The lowest BCUT2D eigenvalue weighted by molar-refractivity contribution is 0.571. The zero-order chi connectivity index (χ0) is 16.4. The monoisotopic (exact) mass is 311 g/mol. The molecule has 23 heavy (non-hydrogen) atoms. The minimum absolute atomic E-state index is 0.739. The maximum atomic E-state index is 4.47. The third kappa shape index (κ3) is 3.28. The number of anilines is 1. The maximum Gasteiger partial charge on any atom is 0.165 e. The number of pyridine rings is 1. The summed E-state index contributed by atoms with van der Waals surface area (Å²) in [6.45, 7) is 9.56. The molecule has 0 unspecified atom stereocenters. The second-order valence-corrected chi connectivity index (χ2v) is 5.71. The molecule has 0 saturated heterocycles. The molecule has 0 fully saturated rings. The van der Waals surface area contributed by atoms with E-state index in [0.717, 1.165) is 59.3 Å². The fourth-order valence-electron chi connectivity index (χ4n) is 2.75. The molecule has 0 radical (unpaired) electrons. The van der Waals surface area contributed by atoms with Crippen LogP contribution in [0.25, 0.3) is 11.0 Å². The summed E-state index contributed by atoms with van der Waals surface area (Å²) >= 11 is 0. The summed E-state index contributed by atoms with van der Waals surface area (Å²) in [4.78, 5) is 17.4. The van der Waals surface area contributed by atoms with Gasteiger partial charge in [-0.15, -0.1) is 0 Å². The van der Waals surface area contributed by atoms with Crippen LogP contribution in [0.5, 0.6) is 0 Å². The van der Waals surface area contributed by atoms with Gasteiger partial charge in [-0.3, -0.25) is 4.68 Å². The van der Waals surface area contributed by atoms with Crippen molar-refractivity contribution in [3.8, 4) is 0 Å². The smallest absolute Gasteiger partial charge is 0.165 e. The molecule has 0 aliphatic rings. The summed E-state index contributed by atoms with van der Waals surface area (Å²) in [6.07, 6.45) is 2.49. The van der Waals surface area contributed by atoms with Crippen LogP contribution in [0.1, 0.15) is 29.3 Å². The van der Waals surface area contributed by atoms with Crippen molar-refractivity contribution < 1.29 is 0 Å². The number of fused-ring (bicyclic) bond motifs is 1. The Labute approximate surface area is 135 Å². The molecule has 0 aliphatic heterocycles. The fraction of sp³-hybridized carbons (Fsp3) is 0.438. The first-order valence-electron chi connectivity index (χ1n) is 7.75. The van der Waals surface area contributed by atoms with Gasteiger partial charge in [0.05, 0.1) is 5.39 Å². The number of rotatable bonds is 5. The number of nitrogens with one attached hydrogen (secondary N) is 1. The van der Waals surface area contributed by atoms with Crippen LogP contribution >= 0.6 is 0 Å². The highest BCUT2D eigenvalue weighted by atomic mass is 15.3. The molecule has 3 heterocycles. The zero-order valence-electron chi connectivity index (χ0n) is 14.0. The Morgan fingerprint density at radius 3 is 2.65 bits per heavy atom. The highest BCUT2D eigenvalue weighted by molar-refractivity contribution is 5.89. The Bertz CT molecular complexity index is 838. The Hall–Kier alpha value is -2.57. The predicted molar refractivity (Wildman–Crippen MR) is 89.4 cm³/mol. The van der Waals surface area contributed by atoms with Crippen molar-refractivity contribution in [3.05, 3.63) is 35.3 Å². The number of aromatic nitrogens is 6. The Kier molecular flexibility index (Phi) is 4.18. The number of hydrogen-bond donors (Lipinski definition) is 1. The van der Waals surface area contributed by atoms with Gasteiger partial charge in [0.1, 0.15) is 23.8 Å². The van der Waals surface area contributed by atoms with E-state index in [1.165, 1.54) is 0 Å². The second-order valence-electron chi connectivity index (χ2n) is 5.71. The van der Waals surface area contributed by atoms with Gasteiger partial charge in [0.25, 0.3) is 0 Å². The number of hydrogen-bond acceptors (Lipinski definition) is 6. The van der Waals surface area contributed by atoms with Gasteiger partial charge < -0.3 is 5.32 Å². The molecule has 120 valence electrons. The lowest BCUT2D eigenvalue weighted by Crippen LogP contribution is -2.10. The summed E-state index contributed by atoms with van der Waals surface area (Å²) in [7, 11) is 0. The van der Waals surface area contributed by atoms with Gasteiger partial charge in [-0.05, 0) is 45.7 Å². The molecule has 0 aromatic carbocycles. The van der Waals surface area contributed by atoms with E-state index in [0.29, 0.717) is 0 Å². The number of aryl methyl sites for hydroxylation is 5. The number of nitrogens with zero attached hydrogens (tertiary/aromatic N) is 6. The average molecular weight is 311 g/mol. The van der Waals surface area contributed by atoms with Crippen molar-refractivity contribution in [1.29, 1.82) is 0 Å². The Balaban J connectivity index is 1.69. The van der Waals surface area contributed by atoms with Crippen LogP contribution in [0, 0.1) is 27.7 Å². The molecule has 7 nitrogen and oxygen atoms in total. The van der Waals surface area contributed by atoms with Crippen LogP contribution < -0.4 is 5.32 Å². The van der Waals surface area contributed by atoms with Crippen molar-refractivity contribution in [2.24, 2.45) is 0 Å². The molecule has 7 heteroatoms. The Morgan fingerprint density at radius 1 is 1.09 bits per heavy atom. The molecule has 0 amide bonds. The molecule has 0 atom stereocenters. The first-order valence-corrected chi connectivity index (χ1v) is 7.75. The minimum atomic E-state index is 0.739. The van der Waals surface area contributed by atoms with Gasteiger partial charge >= 0.3 is 0 Å². The van der Waals surface area contributed by atoms with Crippen LogP contribution in [0.15, 0.2) is 12.4 Å². The summed E-state index contributed by atoms with van der Waals surface area (Å²) < 4.78 is 1.94. The summed E-state index contributed by atoms with van der Waals surface area (Å²) in [5, 5.41) is 8.75. The van der Waals surface area contributed by atoms with Crippen molar-refractivity contribution in [3.63, 3.8) is 0 Å². The first-order chi connectivity index (χ1) is 11.0. The van der Waals surface area contributed by atoms with Crippen LogP contribution in [0.2, 0.25) is 0 Å². The first kappa shape index (κ1) is 15.3. The van der Waals surface area contributed by atoms with Gasteiger partial charge in [0.2, 0.25) is 0 Å². The molecule has 0 aliphatic carbocycles. The zero-order valence-corrected chi connectivity index (χ0v) is 14.0. The van der Waals surface area contributed by atoms with Crippen LogP contribution in [-0.4, -0.2) is 36.3 Å². The third-order valence-electron chi connectivity index (χ3n) is 3.73. The summed E-state index contributed by atoms with van der Waals surface area (Å²) in [5.41, 5.74) is 2.85. The van der Waals surface area contributed by atoms with Crippen molar-refractivity contribution in [2.45, 2.75) is 40.7 Å². The SMILES string of the molecule is Cc1cc(C)c2c(NCCCn3nc(C)nc3C)ncnc2n1. The van der Waals surface area contributed by atoms with E-state index < -0.39 is 0 Å². The van der Waals surface area contributed by atoms with E-state index >= 15 is 0 Å². The van der Waals surface area contributed by atoms with E-state index in [4.69, 9.17) is 0 Å². The molecular formula is C16H21N7. The molecule has 3 aromatic rings. The molecule has 0 spiro atoms. The normalized spacial score (nSPS) is 11.1. The van der Waals surface area contributed by atoms with E-state index in [9.17, 15) is 0 Å². The summed E-state index contributed by atoms with van der Waals surface area (Å²) in [6, 6.07) is 2.05. The van der Waals surface area contributed by atoms with Gasteiger partial charge in [-0.1, -0.05) is 0 Å². The van der Waals surface area contributed by atoms with Crippen molar-refractivity contribution >= 4 is 16.9 Å². The van der Waals surface area contributed by atoms with Crippen LogP contribution in [0.4, 0.5) is 5.82 Å². The fourth-order valence-corrected chi connectivity index (χ4v) is 2.75. The lowest BCUT2D eigenvalue weighted by atomic mass is 10.1. The third-order valence-corrected chi connectivity index (χ3v) is 3.73. The maximum absolute atomic E-state index is 4.47. The van der Waals surface area contributed by atoms with E-state index in [2.05, 4.69) is 43.3 Å². The lowest BCUT2D eigenvalue weighted by Gasteiger charge is -2.10. The van der Waals surface area contributed by atoms with Crippen LogP contribution in [-0.2, 0) is 6.54 Å². The van der Waals surface area contributed by atoms with E-state index in [1.807, 2.05) is 25.5 Å². The molecule has 3 rings (SSSR count). The van der Waals surface area contributed by atoms with E-state index in [1.54, 1.807) is 6.33 Å². The molecule has 0 saturated carbocycles. The minimum Gasteiger partial charge on any atom is -0.369 e. The molecule has 1 N–H and O–H groups in total. The predicted octanol–water partition coefficient (Wildman–Crippen LogP) is 2.35. The molecular weight excluding hydrogens is 290 g/mol. The van der Waals surface area contributed by atoms with Crippen molar-refractivity contribution in [1.82, 2.24) is 29.7 Å². The van der Waals surface area contributed by atoms with Gasteiger partial charge in [-0.25, -0.2) is 19.9 Å². The highest BCUT2D eigenvalue weighted by Crippen LogP contribution is 2.22. The topological polar surface area (TPSA) is 81.4 Å². The van der Waals surface area contributed by atoms with Crippen molar-refractivity contribution in [2.75, 3.05) is 11.9 Å². The molecule has 0 bridgehead atoms. The standard InChI is InChI=1S/C16H21N7/c1-10-8-11(2)20-16-14(10)15(18-9-19-16)17-6-5-7-23-13(4)21-12(3)22-23/h8-9H,5-7H2,1-4H3,(H,17,18,19,20). The van der Waals surface area contributed by atoms with Gasteiger partial charge in [-0.2, -0.15) is 5.10 Å². The van der Waals surface area contributed by atoms with E-state index in [-0.39, 0.29) is 0 Å². The largest absolute Gasteiger partial charge is 0.369 e. The quantitative estimate of drug-likeness (QED) is 0.728. The van der Waals surface area contributed by atoms with Gasteiger partial charge in [0, 0.05) is 18.8 Å². The average Bonchev–Trinajstić information content (AvgIpc) is 2.81. The summed E-state index contributed by atoms with van der Waals surface area (Å²) in [5.74, 6) is 2.60. The Morgan fingerprint density at radius 2 is 1.91 bits per heavy atom. The second kappa shape index (κ2) is 6.28. The van der Waals surface area contributed by atoms with Crippen LogP contribution in [0.3, 0.4) is 0 Å².